The number of Topliss-reactive ketones (excluding diaryl/α,β-unsaturated/α-hetero) is 1. The third-order valence-electron chi connectivity index (χ3n) is 8.18. The van der Waals surface area contributed by atoms with Crippen LogP contribution in [0.15, 0.2) is 88.8 Å². The second-order valence-corrected chi connectivity index (χ2v) is 14.0. The van der Waals surface area contributed by atoms with Gasteiger partial charge in [-0.1, -0.05) is 97.6 Å². The molecule has 6 rings (SSSR count). The Bertz CT molecular complexity index is 2040. The summed E-state index contributed by atoms with van der Waals surface area (Å²) in [5, 5.41) is 22.6. The van der Waals surface area contributed by atoms with E-state index in [0.29, 0.717) is 45.2 Å². The smallest absolute Gasteiger partial charge is 0.301 e. The highest BCUT2D eigenvalue weighted by molar-refractivity contribution is 8.00. The molecule has 0 saturated carbocycles. The first-order valence-electron chi connectivity index (χ1n) is 15.5. The van der Waals surface area contributed by atoms with Gasteiger partial charge in [0.25, 0.3) is 5.78 Å². The normalized spacial score (nSPS) is 15.9. The largest absolute Gasteiger partial charge is 0.507 e. The number of carbonyl (C=O) groups excluding carboxylic acids is 2. The Labute approximate surface area is 286 Å². The number of amides is 1. The molecule has 0 spiro atoms. The van der Waals surface area contributed by atoms with Crippen molar-refractivity contribution in [1.29, 1.82) is 0 Å². The van der Waals surface area contributed by atoms with Crippen molar-refractivity contribution in [3.63, 3.8) is 0 Å². The van der Waals surface area contributed by atoms with E-state index in [2.05, 4.69) is 48.3 Å². The van der Waals surface area contributed by atoms with Crippen LogP contribution in [0.25, 0.3) is 16.5 Å². The number of ether oxygens (including phenoxy) is 2. The number of rotatable bonds is 11. The highest BCUT2D eigenvalue weighted by Gasteiger charge is 2.48. The van der Waals surface area contributed by atoms with E-state index in [-0.39, 0.29) is 16.3 Å². The van der Waals surface area contributed by atoms with Crippen LogP contribution in [0.4, 0.5) is 9.52 Å². The van der Waals surface area contributed by atoms with Gasteiger partial charge in [-0.2, -0.15) is 0 Å². The van der Waals surface area contributed by atoms with Gasteiger partial charge in [0.1, 0.15) is 11.6 Å². The number of anilines is 1. The number of ketones is 1. The second kappa shape index (κ2) is 14.2. The van der Waals surface area contributed by atoms with Gasteiger partial charge in [0.15, 0.2) is 15.8 Å². The summed E-state index contributed by atoms with van der Waals surface area (Å²) in [6.45, 7) is 6.29. The summed E-state index contributed by atoms with van der Waals surface area (Å²) >= 11 is 2.65. The molecule has 0 radical (unpaired) electrons. The Balaban J connectivity index is 1.39. The van der Waals surface area contributed by atoms with Gasteiger partial charge in [0.2, 0.25) is 5.13 Å². The van der Waals surface area contributed by atoms with Crippen molar-refractivity contribution in [2.75, 3.05) is 18.6 Å². The molecule has 11 heteroatoms. The first kappa shape index (κ1) is 33.2. The minimum Gasteiger partial charge on any atom is -0.507 e. The number of hydrogen-bond donors (Lipinski definition) is 1. The van der Waals surface area contributed by atoms with Crippen molar-refractivity contribution >= 4 is 56.5 Å². The molecule has 0 unspecified atom stereocenters. The van der Waals surface area contributed by atoms with Gasteiger partial charge in [-0.3, -0.25) is 14.5 Å². The first-order valence-corrected chi connectivity index (χ1v) is 17.3. The zero-order chi connectivity index (χ0) is 33.9. The van der Waals surface area contributed by atoms with Crippen LogP contribution >= 0.6 is 23.1 Å². The van der Waals surface area contributed by atoms with Gasteiger partial charge >= 0.3 is 5.91 Å². The summed E-state index contributed by atoms with van der Waals surface area (Å²) in [6, 6.07) is 22.4. The van der Waals surface area contributed by atoms with Crippen LogP contribution in [0.1, 0.15) is 48.6 Å². The molecule has 1 N–H and O–H groups in total. The Kier molecular flexibility index (Phi) is 9.79. The number of thioether (sulfide) groups is 1. The number of benzene rings is 4. The van der Waals surface area contributed by atoms with Gasteiger partial charge in [0, 0.05) is 11.3 Å². The maximum atomic E-state index is 14.6. The predicted molar refractivity (Wildman–Crippen MR) is 187 cm³/mol. The van der Waals surface area contributed by atoms with Crippen LogP contribution in [0.3, 0.4) is 0 Å². The number of methoxy groups -OCH3 is 1. The number of aryl methyl sites for hydroxylation is 1. The minimum absolute atomic E-state index is 0.0744. The van der Waals surface area contributed by atoms with Gasteiger partial charge < -0.3 is 14.6 Å². The third kappa shape index (κ3) is 6.65. The van der Waals surface area contributed by atoms with Crippen LogP contribution in [0.2, 0.25) is 0 Å². The van der Waals surface area contributed by atoms with Crippen LogP contribution in [-0.2, 0) is 15.3 Å². The molecule has 1 aromatic heterocycles. The van der Waals surface area contributed by atoms with Crippen LogP contribution in [0.5, 0.6) is 11.5 Å². The molecule has 1 atom stereocenters. The lowest BCUT2D eigenvalue weighted by Gasteiger charge is -2.23. The van der Waals surface area contributed by atoms with E-state index in [1.807, 2.05) is 18.2 Å². The molecular weight excluding hydrogens is 650 g/mol. The Morgan fingerprint density at radius 2 is 1.81 bits per heavy atom. The molecule has 0 aliphatic carbocycles. The molecule has 1 saturated heterocycles. The summed E-state index contributed by atoms with van der Waals surface area (Å²) in [5.74, 6) is -0.885. The molecule has 0 bridgehead atoms. The van der Waals surface area contributed by atoms with Crippen LogP contribution < -0.4 is 14.4 Å². The summed E-state index contributed by atoms with van der Waals surface area (Å²) in [6.07, 6.45) is 0.843. The molecule has 2 heterocycles. The summed E-state index contributed by atoms with van der Waals surface area (Å²) < 4.78 is 26.8. The topological polar surface area (TPSA) is 102 Å². The van der Waals surface area contributed by atoms with E-state index in [1.54, 1.807) is 25.1 Å². The summed E-state index contributed by atoms with van der Waals surface area (Å²) in [4.78, 5) is 28.7. The van der Waals surface area contributed by atoms with E-state index in [0.717, 1.165) is 28.8 Å². The Morgan fingerprint density at radius 3 is 2.58 bits per heavy atom. The van der Waals surface area contributed by atoms with Crippen molar-refractivity contribution in [3.8, 4) is 11.5 Å². The van der Waals surface area contributed by atoms with E-state index >= 15 is 0 Å². The molecule has 1 amide bonds. The van der Waals surface area contributed by atoms with Crippen molar-refractivity contribution < 1.29 is 28.6 Å². The number of aliphatic hydroxyl groups is 1. The SMILES string of the molecule is COc1cc([C@@H]2C(=C(O)c3ccc(C)c(F)c3)C(=O)C(=O)N2c2nnc(SCc3cccc4ccccc34)s2)ccc1OCCC(C)C. The highest BCUT2D eigenvalue weighted by atomic mass is 32.2. The predicted octanol–water partition coefficient (Wildman–Crippen LogP) is 8.49. The van der Waals surface area contributed by atoms with Gasteiger partial charge in [0.05, 0.1) is 25.3 Å². The molecule has 1 aliphatic heterocycles. The van der Waals surface area contributed by atoms with E-state index in [4.69, 9.17) is 9.47 Å². The van der Waals surface area contributed by atoms with Gasteiger partial charge in [-0.05, 0) is 64.9 Å². The fourth-order valence-corrected chi connectivity index (χ4v) is 7.41. The second-order valence-electron chi connectivity index (χ2n) is 11.9. The van der Waals surface area contributed by atoms with Crippen molar-refractivity contribution in [1.82, 2.24) is 10.2 Å². The summed E-state index contributed by atoms with van der Waals surface area (Å²) in [5.41, 5.74) is 1.85. The number of aliphatic hydroxyl groups excluding tert-OH is 1. The van der Waals surface area contributed by atoms with E-state index in [1.165, 1.54) is 47.2 Å². The van der Waals surface area contributed by atoms with Crippen LogP contribution in [-0.4, -0.2) is 40.7 Å². The molecule has 8 nitrogen and oxygen atoms in total. The zero-order valence-corrected chi connectivity index (χ0v) is 28.5. The minimum atomic E-state index is -1.10. The monoisotopic (exact) mass is 683 g/mol. The summed E-state index contributed by atoms with van der Waals surface area (Å²) in [7, 11) is 1.50. The number of fused-ring (bicyclic) bond motifs is 1. The standard InChI is InChI=1S/C37H34FN3O5S2/c1-21(2)16-17-46-29-15-14-24(19-30(29)45-4)32-31(33(42)25-13-12-22(3)28(38)18-25)34(43)35(44)41(32)36-39-40-37(48-36)47-20-26-10-7-9-23-8-5-6-11-27(23)26/h5-15,18-19,21,32,42H,16-17,20H2,1-4H3/t32-/m1/s1. The molecular formula is C37H34FN3O5S2. The number of nitrogens with zero attached hydrogens (tertiary/aromatic N) is 3. The fraction of sp³-hybridized carbons (Fsp3) is 0.243. The lowest BCUT2D eigenvalue weighted by atomic mass is 9.94. The fourth-order valence-electron chi connectivity index (χ4n) is 5.54. The van der Waals surface area contributed by atoms with Gasteiger partial charge in [-0.25, -0.2) is 4.39 Å². The Hall–Kier alpha value is -4.74. The van der Waals surface area contributed by atoms with Crippen molar-refractivity contribution in [2.24, 2.45) is 5.92 Å². The number of carbonyl (C=O) groups is 2. The highest BCUT2D eigenvalue weighted by Crippen LogP contribution is 2.46. The maximum absolute atomic E-state index is 14.6. The molecule has 246 valence electrons. The quantitative estimate of drug-likeness (QED) is 0.0486. The maximum Gasteiger partial charge on any atom is 0.301 e. The van der Waals surface area contributed by atoms with E-state index < -0.39 is 29.3 Å². The zero-order valence-electron chi connectivity index (χ0n) is 26.9. The van der Waals surface area contributed by atoms with Crippen LogP contribution in [0, 0.1) is 18.7 Å². The molecule has 1 aliphatic rings. The lowest BCUT2D eigenvalue weighted by Crippen LogP contribution is -2.29. The van der Waals surface area contributed by atoms with Gasteiger partial charge in [-0.15, -0.1) is 10.2 Å². The number of aromatic nitrogens is 2. The first-order chi connectivity index (χ1) is 23.2. The number of hydrogen-bond acceptors (Lipinski definition) is 9. The average Bonchev–Trinajstić information content (AvgIpc) is 3.66. The molecule has 5 aromatic rings. The average molecular weight is 684 g/mol. The van der Waals surface area contributed by atoms with E-state index in [9.17, 15) is 19.1 Å². The van der Waals surface area contributed by atoms with Crippen molar-refractivity contribution in [2.45, 2.75) is 43.3 Å². The Morgan fingerprint density at radius 1 is 1.02 bits per heavy atom. The molecule has 1 fully saturated rings. The lowest BCUT2D eigenvalue weighted by molar-refractivity contribution is -0.132. The third-order valence-corrected chi connectivity index (χ3v) is 10.3. The number of halogens is 1. The molecule has 48 heavy (non-hydrogen) atoms. The molecule has 4 aromatic carbocycles. The van der Waals surface area contributed by atoms with Crippen molar-refractivity contribution in [3.05, 3.63) is 113 Å².